The summed E-state index contributed by atoms with van der Waals surface area (Å²) in [4.78, 5) is 14.9. The highest BCUT2D eigenvalue weighted by molar-refractivity contribution is 5.85. The molecule has 4 heteroatoms. The van der Waals surface area contributed by atoms with E-state index in [1.165, 1.54) is 0 Å². The van der Waals surface area contributed by atoms with Crippen LogP contribution in [0.2, 0.25) is 0 Å². The molecule has 3 aliphatic rings. The standard InChI is InChI=1S/C14H24N2O2/c1-13(2)10-3-4-14(13,11(17)9-10)12(18)16-7-5-15-6-8-16/h10-11,15,17H,3-9H2,1-2H3/t10-,11+,14-/m0/s1. The molecule has 1 heterocycles. The van der Waals surface area contributed by atoms with Gasteiger partial charge in [-0.2, -0.15) is 0 Å². The fourth-order valence-corrected chi connectivity index (χ4v) is 4.60. The Bertz CT molecular complexity index is 363. The van der Waals surface area contributed by atoms with E-state index in [1.54, 1.807) is 0 Å². The van der Waals surface area contributed by atoms with E-state index in [-0.39, 0.29) is 11.3 Å². The maximum Gasteiger partial charge on any atom is 0.232 e. The van der Waals surface area contributed by atoms with E-state index < -0.39 is 11.5 Å². The van der Waals surface area contributed by atoms with E-state index in [4.69, 9.17) is 0 Å². The maximum atomic E-state index is 12.9. The summed E-state index contributed by atoms with van der Waals surface area (Å²) < 4.78 is 0. The number of hydrogen-bond acceptors (Lipinski definition) is 3. The van der Waals surface area contributed by atoms with Crippen LogP contribution in [0.4, 0.5) is 0 Å². The van der Waals surface area contributed by atoms with Crippen molar-refractivity contribution in [2.75, 3.05) is 26.2 Å². The number of aliphatic hydroxyl groups is 1. The summed E-state index contributed by atoms with van der Waals surface area (Å²) in [5, 5.41) is 13.7. The van der Waals surface area contributed by atoms with Gasteiger partial charge in [0.25, 0.3) is 0 Å². The molecule has 1 aliphatic heterocycles. The van der Waals surface area contributed by atoms with E-state index in [2.05, 4.69) is 19.2 Å². The van der Waals surface area contributed by atoms with Gasteiger partial charge in [0.15, 0.2) is 0 Å². The summed E-state index contributed by atoms with van der Waals surface area (Å²) in [6.45, 7) is 7.69. The molecule has 0 aromatic carbocycles. The van der Waals surface area contributed by atoms with Crippen molar-refractivity contribution in [2.45, 2.75) is 39.2 Å². The lowest BCUT2D eigenvalue weighted by Gasteiger charge is -2.43. The van der Waals surface area contributed by atoms with Crippen molar-refractivity contribution >= 4 is 5.91 Å². The Labute approximate surface area is 109 Å². The van der Waals surface area contributed by atoms with Crippen LogP contribution in [0.1, 0.15) is 33.1 Å². The number of fused-ring (bicyclic) bond motifs is 2. The number of carbonyl (C=O) groups excluding carboxylic acids is 1. The molecule has 2 N–H and O–H groups in total. The van der Waals surface area contributed by atoms with Gasteiger partial charge in [-0.3, -0.25) is 4.79 Å². The molecule has 2 aliphatic carbocycles. The summed E-state index contributed by atoms with van der Waals surface area (Å²) in [6.07, 6.45) is 2.34. The van der Waals surface area contributed by atoms with Gasteiger partial charge in [-0.25, -0.2) is 0 Å². The first-order valence-corrected chi connectivity index (χ1v) is 7.18. The van der Waals surface area contributed by atoms with Gasteiger partial charge in [0.05, 0.1) is 11.5 Å². The molecule has 3 atom stereocenters. The van der Waals surface area contributed by atoms with Gasteiger partial charge in [0, 0.05) is 26.2 Å². The second kappa shape index (κ2) is 3.94. The average molecular weight is 252 g/mol. The lowest BCUT2D eigenvalue weighted by atomic mass is 9.67. The normalized spacial score (nSPS) is 42.3. The first kappa shape index (κ1) is 12.4. The van der Waals surface area contributed by atoms with E-state index in [0.717, 1.165) is 45.4 Å². The van der Waals surface area contributed by atoms with Crippen molar-refractivity contribution in [1.29, 1.82) is 0 Å². The summed E-state index contributed by atoms with van der Waals surface area (Å²) in [5.41, 5.74) is -0.552. The maximum absolute atomic E-state index is 12.9. The first-order valence-electron chi connectivity index (χ1n) is 7.18. The zero-order valence-electron chi connectivity index (χ0n) is 11.4. The molecule has 3 rings (SSSR count). The number of hydrogen-bond donors (Lipinski definition) is 2. The van der Waals surface area contributed by atoms with E-state index in [1.807, 2.05) is 4.90 Å². The van der Waals surface area contributed by atoms with Crippen molar-refractivity contribution in [3.8, 4) is 0 Å². The lowest BCUT2D eigenvalue weighted by Crippen LogP contribution is -2.57. The second-order valence-electron chi connectivity index (χ2n) is 6.72. The van der Waals surface area contributed by atoms with Gasteiger partial charge in [0.2, 0.25) is 5.91 Å². The highest BCUT2D eigenvalue weighted by Gasteiger charge is 2.68. The predicted octanol–water partition coefficient (Wildman–Crippen LogP) is 0.605. The topological polar surface area (TPSA) is 52.6 Å². The number of nitrogens with one attached hydrogen (secondary N) is 1. The molecule has 1 amide bonds. The second-order valence-corrected chi connectivity index (χ2v) is 6.72. The minimum Gasteiger partial charge on any atom is -0.392 e. The van der Waals surface area contributed by atoms with Crippen molar-refractivity contribution in [3.63, 3.8) is 0 Å². The van der Waals surface area contributed by atoms with E-state index >= 15 is 0 Å². The van der Waals surface area contributed by atoms with Crippen LogP contribution >= 0.6 is 0 Å². The molecule has 2 bridgehead atoms. The van der Waals surface area contributed by atoms with Crippen LogP contribution < -0.4 is 5.32 Å². The van der Waals surface area contributed by atoms with Gasteiger partial charge >= 0.3 is 0 Å². The molecule has 102 valence electrons. The quantitative estimate of drug-likeness (QED) is 0.719. The van der Waals surface area contributed by atoms with Gasteiger partial charge in [-0.15, -0.1) is 0 Å². The Morgan fingerprint density at radius 3 is 2.50 bits per heavy atom. The SMILES string of the molecule is CC1(C)[C@H]2CC[C@@]1(C(=O)N1CCNCC1)[C@H](O)C2. The minimum absolute atomic E-state index is 0.0472. The Morgan fingerprint density at radius 2 is 2.00 bits per heavy atom. The molecule has 0 aromatic rings. The van der Waals surface area contributed by atoms with Crippen LogP contribution in [0.25, 0.3) is 0 Å². The lowest BCUT2D eigenvalue weighted by molar-refractivity contribution is -0.155. The Balaban J connectivity index is 1.91. The molecular weight excluding hydrogens is 228 g/mol. The van der Waals surface area contributed by atoms with Gasteiger partial charge < -0.3 is 15.3 Å². The van der Waals surface area contributed by atoms with Crippen LogP contribution in [0.3, 0.4) is 0 Å². The van der Waals surface area contributed by atoms with Crippen LogP contribution in [0, 0.1) is 16.7 Å². The largest absolute Gasteiger partial charge is 0.392 e. The average Bonchev–Trinajstić information content (AvgIpc) is 2.73. The summed E-state index contributed by atoms with van der Waals surface area (Å²) in [6, 6.07) is 0. The summed E-state index contributed by atoms with van der Waals surface area (Å²) in [7, 11) is 0. The molecule has 0 radical (unpaired) electrons. The van der Waals surface area contributed by atoms with Crippen molar-refractivity contribution < 1.29 is 9.90 Å². The third-order valence-electron chi connectivity index (χ3n) is 5.92. The van der Waals surface area contributed by atoms with E-state index in [0.29, 0.717) is 5.92 Å². The summed E-state index contributed by atoms with van der Waals surface area (Å²) >= 11 is 0. The van der Waals surface area contributed by atoms with Crippen molar-refractivity contribution in [1.82, 2.24) is 10.2 Å². The van der Waals surface area contributed by atoms with Gasteiger partial charge in [-0.05, 0) is 30.6 Å². The molecule has 0 spiro atoms. The smallest absolute Gasteiger partial charge is 0.232 e. The first-order chi connectivity index (χ1) is 8.50. The number of piperazine rings is 1. The Morgan fingerprint density at radius 1 is 1.33 bits per heavy atom. The molecule has 0 aromatic heterocycles. The number of amides is 1. The Hall–Kier alpha value is -0.610. The van der Waals surface area contributed by atoms with Crippen LogP contribution in [0.5, 0.6) is 0 Å². The predicted molar refractivity (Wildman–Crippen MR) is 69.0 cm³/mol. The molecule has 3 fully saturated rings. The number of nitrogens with zero attached hydrogens (tertiary/aromatic N) is 1. The molecule has 2 saturated carbocycles. The van der Waals surface area contributed by atoms with Crippen LogP contribution in [0.15, 0.2) is 0 Å². The third kappa shape index (κ3) is 1.36. The number of rotatable bonds is 1. The third-order valence-corrected chi connectivity index (χ3v) is 5.92. The Kier molecular flexibility index (Phi) is 2.72. The summed E-state index contributed by atoms with van der Waals surface area (Å²) in [5.74, 6) is 0.723. The highest BCUT2D eigenvalue weighted by atomic mass is 16.3. The number of carbonyl (C=O) groups is 1. The molecule has 0 unspecified atom stereocenters. The monoisotopic (exact) mass is 252 g/mol. The van der Waals surface area contributed by atoms with Crippen molar-refractivity contribution in [2.24, 2.45) is 16.7 Å². The minimum atomic E-state index is -0.505. The zero-order chi connectivity index (χ0) is 13.0. The molecule has 4 nitrogen and oxygen atoms in total. The fourth-order valence-electron chi connectivity index (χ4n) is 4.60. The van der Waals surface area contributed by atoms with Gasteiger partial charge in [-0.1, -0.05) is 13.8 Å². The molecule has 18 heavy (non-hydrogen) atoms. The van der Waals surface area contributed by atoms with Crippen LogP contribution in [-0.4, -0.2) is 48.2 Å². The zero-order valence-corrected chi connectivity index (χ0v) is 11.4. The fraction of sp³-hybridized carbons (Fsp3) is 0.929. The van der Waals surface area contributed by atoms with Gasteiger partial charge in [0.1, 0.15) is 0 Å². The highest BCUT2D eigenvalue weighted by Crippen LogP contribution is 2.66. The molecular formula is C14H24N2O2. The van der Waals surface area contributed by atoms with Crippen molar-refractivity contribution in [3.05, 3.63) is 0 Å². The molecule has 1 saturated heterocycles. The van der Waals surface area contributed by atoms with E-state index in [9.17, 15) is 9.90 Å². The van der Waals surface area contributed by atoms with Crippen LogP contribution in [-0.2, 0) is 4.79 Å². The number of aliphatic hydroxyl groups excluding tert-OH is 1.